The summed E-state index contributed by atoms with van der Waals surface area (Å²) in [6, 6.07) is 21.5. The first kappa shape index (κ1) is 28.9. The molecule has 1 aliphatic heterocycles. The Kier molecular flexibility index (Phi) is 8.59. The molecule has 0 amide bonds. The van der Waals surface area contributed by atoms with Gasteiger partial charge in [-0.3, -0.25) is 9.36 Å². The van der Waals surface area contributed by atoms with Gasteiger partial charge in [-0.05, 0) is 62.2 Å². The highest BCUT2D eigenvalue weighted by atomic mass is 32.1. The molecule has 0 unspecified atom stereocenters. The monoisotopic (exact) mass is 584 g/mol. The fraction of sp³-hybridized carbons (Fsp3) is 0.242. The van der Waals surface area contributed by atoms with Crippen LogP contribution in [0.5, 0.6) is 17.2 Å². The van der Waals surface area contributed by atoms with E-state index in [1.54, 1.807) is 37.8 Å². The van der Waals surface area contributed by atoms with Crippen LogP contribution in [-0.4, -0.2) is 37.5 Å². The molecule has 9 heteroatoms. The lowest BCUT2D eigenvalue weighted by Gasteiger charge is -2.26. The third kappa shape index (κ3) is 5.73. The molecule has 0 N–H and O–H groups in total. The second-order valence-electron chi connectivity index (χ2n) is 9.79. The Hall–Kier alpha value is -4.63. The van der Waals surface area contributed by atoms with Crippen molar-refractivity contribution in [1.29, 1.82) is 0 Å². The van der Waals surface area contributed by atoms with Crippen LogP contribution < -0.4 is 29.1 Å². The number of carbonyl (C=O) groups excluding carboxylic acids is 1. The van der Waals surface area contributed by atoms with Crippen molar-refractivity contribution >= 4 is 29.1 Å². The summed E-state index contributed by atoms with van der Waals surface area (Å²) < 4.78 is 24.5. The van der Waals surface area contributed by atoms with Crippen LogP contribution in [0, 0.1) is 0 Å². The van der Waals surface area contributed by atoms with Crippen LogP contribution >= 0.6 is 11.3 Å². The van der Waals surface area contributed by atoms with Gasteiger partial charge in [-0.15, -0.1) is 0 Å². The van der Waals surface area contributed by atoms with E-state index in [4.69, 9.17) is 23.9 Å². The lowest BCUT2D eigenvalue weighted by Crippen LogP contribution is -2.40. The highest BCUT2D eigenvalue weighted by molar-refractivity contribution is 7.07. The van der Waals surface area contributed by atoms with E-state index in [2.05, 4.69) is 0 Å². The third-order valence-electron chi connectivity index (χ3n) is 6.62. The van der Waals surface area contributed by atoms with Crippen LogP contribution in [0.4, 0.5) is 0 Å². The molecule has 0 aliphatic carbocycles. The molecule has 3 aromatic carbocycles. The number of rotatable bonds is 9. The van der Waals surface area contributed by atoms with E-state index < -0.39 is 12.0 Å². The minimum atomic E-state index is -0.826. The molecule has 216 valence electrons. The first-order valence-corrected chi connectivity index (χ1v) is 14.4. The van der Waals surface area contributed by atoms with E-state index in [0.29, 0.717) is 37.8 Å². The summed E-state index contributed by atoms with van der Waals surface area (Å²) in [5.74, 6) is 1.17. The Morgan fingerprint density at radius 2 is 1.76 bits per heavy atom. The van der Waals surface area contributed by atoms with Gasteiger partial charge in [0.25, 0.3) is 5.56 Å². The number of aromatic nitrogens is 1. The molecular formula is C33H32N2O6S. The molecule has 0 bridgehead atoms. The highest BCUT2D eigenvalue weighted by Gasteiger charge is 2.35. The maximum Gasteiger partial charge on any atom is 0.338 e. The maximum absolute atomic E-state index is 14.1. The van der Waals surface area contributed by atoms with Gasteiger partial charge in [0.15, 0.2) is 16.3 Å². The topological polar surface area (TPSA) is 88.4 Å². The van der Waals surface area contributed by atoms with Gasteiger partial charge < -0.3 is 18.9 Å². The molecule has 0 fully saturated rings. The van der Waals surface area contributed by atoms with E-state index in [9.17, 15) is 9.59 Å². The molecule has 8 nitrogen and oxygen atoms in total. The van der Waals surface area contributed by atoms with Crippen LogP contribution in [0.1, 0.15) is 43.5 Å². The van der Waals surface area contributed by atoms with Crippen molar-refractivity contribution in [2.45, 2.75) is 32.9 Å². The number of hydrogen-bond donors (Lipinski definition) is 0. The van der Waals surface area contributed by atoms with Crippen LogP contribution in [0.2, 0.25) is 0 Å². The lowest BCUT2D eigenvalue weighted by molar-refractivity contribution is -0.138. The summed E-state index contributed by atoms with van der Waals surface area (Å²) in [5.41, 5.74) is 2.65. The summed E-state index contributed by atoms with van der Waals surface area (Å²) in [6.45, 7) is 5.84. The average Bonchev–Trinajstić information content (AvgIpc) is 3.30. The molecule has 0 saturated carbocycles. The zero-order chi connectivity index (χ0) is 29.8. The minimum absolute atomic E-state index is 0.0183. The molecule has 4 aromatic rings. The summed E-state index contributed by atoms with van der Waals surface area (Å²) in [7, 11) is 3.10. The van der Waals surface area contributed by atoms with E-state index >= 15 is 0 Å². The molecule has 5 rings (SSSR count). The van der Waals surface area contributed by atoms with Crippen LogP contribution in [0.25, 0.3) is 11.8 Å². The Balaban J connectivity index is 1.80. The summed E-state index contributed by atoms with van der Waals surface area (Å²) in [6.07, 6.45) is 1.84. The normalized spacial score (nSPS) is 14.8. The summed E-state index contributed by atoms with van der Waals surface area (Å²) in [5, 5.41) is 0. The standard InChI is InChI=1S/C33H32N2O6S/c1-6-40-32(37)28-29(22-12-8-7-9-13-22)34-33-35(30(28)23-15-16-25(38-4)26(19-23)39-5)31(36)27(42-33)18-21-11-10-14-24(17-21)41-20(2)3/h7-20,30H,6H2,1-5H3/b27-18-/t30-/m0/s1. The number of esters is 1. The van der Waals surface area contributed by atoms with Gasteiger partial charge in [0.05, 0.1) is 48.8 Å². The Morgan fingerprint density at radius 1 is 1.00 bits per heavy atom. The van der Waals surface area contributed by atoms with E-state index in [1.165, 1.54) is 11.3 Å². The van der Waals surface area contributed by atoms with Gasteiger partial charge in [0.1, 0.15) is 5.75 Å². The van der Waals surface area contributed by atoms with Crippen molar-refractivity contribution in [3.8, 4) is 17.2 Å². The van der Waals surface area contributed by atoms with Crippen molar-refractivity contribution in [2.75, 3.05) is 20.8 Å². The number of thiazole rings is 1. The molecule has 0 spiro atoms. The molecule has 1 atom stereocenters. The van der Waals surface area contributed by atoms with Crippen molar-refractivity contribution in [3.63, 3.8) is 0 Å². The predicted octanol–water partition coefficient (Wildman–Crippen LogP) is 4.74. The van der Waals surface area contributed by atoms with E-state index in [0.717, 1.165) is 11.1 Å². The first-order chi connectivity index (χ1) is 20.3. The third-order valence-corrected chi connectivity index (χ3v) is 7.61. The molecule has 2 heterocycles. The molecule has 0 saturated heterocycles. The van der Waals surface area contributed by atoms with Crippen LogP contribution in [0.3, 0.4) is 0 Å². The number of nitrogens with zero attached hydrogens (tertiary/aromatic N) is 2. The Labute approximate surface area is 247 Å². The minimum Gasteiger partial charge on any atom is -0.493 e. The summed E-state index contributed by atoms with van der Waals surface area (Å²) in [4.78, 5) is 33.1. The van der Waals surface area contributed by atoms with Crippen molar-refractivity contribution in [2.24, 2.45) is 4.99 Å². The number of carbonyl (C=O) groups is 1. The number of benzene rings is 3. The van der Waals surface area contributed by atoms with Crippen molar-refractivity contribution in [1.82, 2.24) is 4.57 Å². The largest absolute Gasteiger partial charge is 0.493 e. The fourth-order valence-electron chi connectivity index (χ4n) is 4.88. The molecule has 42 heavy (non-hydrogen) atoms. The van der Waals surface area contributed by atoms with Gasteiger partial charge >= 0.3 is 5.97 Å². The summed E-state index contributed by atoms with van der Waals surface area (Å²) >= 11 is 1.26. The first-order valence-electron chi connectivity index (χ1n) is 13.6. The molecular weight excluding hydrogens is 552 g/mol. The van der Waals surface area contributed by atoms with E-state index in [-0.39, 0.29) is 23.8 Å². The zero-order valence-corrected chi connectivity index (χ0v) is 24.9. The van der Waals surface area contributed by atoms with Gasteiger partial charge in [0, 0.05) is 5.56 Å². The highest BCUT2D eigenvalue weighted by Crippen LogP contribution is 2.38. The van der Waals surface area contributed by atoms with Gasteiger partial charge in [0.2, 0.25) is 0 Å². The second-order valence-corrected chi connectivity index (χ2v) is 10.8. The average molecular weight is 585 g/mol. The Morgan fingerprint density at radius 3 is 2.45 bits per heavy atom. The maximum atomic E-state index is 14.1. The molecule has 0 radical (unpaired) electrons. The predicted molar refractivity (Wildman–Crippen MR) is 163 cm³/mol. The SMILES string of the molecule is CCOC(=O)C1=C(c2ccccc2)N=c2s/c(=C\c3cccc(OC(C)C)c3)c(=O)n2[C@H]1c1ccc(OC)c(OC)c1. The fourth-order valence-corrected chi connectivity index (χ4v) is 5.88. The number of methoxy groups -OCH3 is 2. The van der Waals surface area contributed by atoms with Gasteiger partial charge in [-0.2, -0.15) is 0 Å². The van der Waals surface area contributed by atoms with Crippen LogP contribution in [-0.2, 0) is 9.53 Å². The number of fused-ring (bicyclic) bond motifs is 1. The second kappa shape index (κ2) is 12.5. The van der Waals surface area contributed by atoms with Crippen molar-refractivity contribution < 1.29 is 23.7 Å². The van der Waals surface area contributed by atoms with Crippen molar-refractivity contribution in [3.05, 3.63) is 115 Å². The number of ether oxygens (including phenoxy) is 4. The Bertz CT molecular complexity index is 1820. The van der Waals surface area contributed by atoms with E-state index in [1.807, 2.05) is 80.6 Å². The van der Waals surface area contributed by atoms with Gasteiger partial charge in [-0.25, -0.2) is 9.79 Å². The molecule has 1 aliphatic rings. The number of hydrogen-bond acceptors (Lipinski definition) is 8. The van der Waals surface area contributed by atoms with Crippen LogP contribution in [0.15, 0.2) is 88.2 Å². The quantitative estimate of drug-likeness (QED) is 0.264. The zero-order valence-electron chi connectivity index (χ0n) is 24.1. The smallest absolute Gasteiger partial charge is 0.338 e. The molecule has 1 aromatic heterocycles. The lowest BCUT2D eigenvalue weighted by atomic mass is 9.93. The van der Waals surface area contributed by atoms with Gasteiger partial charge in [-0.1, -0.05) is 59.9 Å².